The fraction of sp³-hybridized carbons (Fsp3) is 0.409. The van der Waals surface area contributed by atoms with E-state index < -0.39 is 5.41 Å². The zero-order valence-corrected chi connectivity index (χ0v) is 16.4. The van der Waals surface area contributed by atoms with Gasteiger partial charge in [0, 0.05) is 29.9 Å². The van der Waals surface area contributed by atoms with E-state index in [9.17, 15) is 9.18 Å². The molecule has 0 saturated carbocycles. The predicted molar refractivity (Wildman–Crippen MR) is 107 cm³/mol. The fourth-order valence-electron chi connectivity index (χ4n) is 2.89. The average molecular weight is 356 g/mol. The second-order valence-electron chi connectivity index (χ2n) is 7.46. The van der Waals surface area contributed by atoms with Crippen LogP contribution in [0.3, 0.4) is 0 Å². The van der Waals surface area contributed by atoms with Crippen molar-refractivity contribution in [3.05, 3.63) is 59.9 Å². The number of carbonyl (C=O) groups excluding carboxylic acids is 1. The Balaban J connectivity index is 2.29. The van der Waals surface area contributed by atoms with Crippen molar-refractivity contribution >= 4 is 17.3 Å². The molecule has 0 radical (unpaired) electrons. The number of hydrogen-bond acceptors (Lipinski definition) is 2. The first kappa shape index (κ1) is 20.0. The molecule has 0 aromatic heterocycles. The maximum absolute atomic E-state index is 13.3. The fourth-order valence-corrected chi connectivity index (χ4v) is 2.89. The Morgan fingerprint density at radius 2 is 1.38 bits per heavy atom. The molecule has 0 spiro atoms. The first-order chi connectivity index (χ1) is 12.3. The summed E-state index contributed by atoms with van der Waals surface area (Å²) in [5.74, 6) is -0.294. The summed E-state index contributed by atoms with van der Waals surface area (Å²) < 4.78 is 13.3. The third-order valence-electron chi connectivity index (χ3n) is 4.43. The lowest BCUT2D eigenvalue weighted by Gasteiger charge is -2.30. The quantitative estimate of drug-likeness (QED) is 0.705. The number of rotatable bonds is 6. The molecule has 2 rings (SSSR count). The Kier molecular flexibility index (Phi) is 6.41. The molecule has 4 heteroatoms. The van der Waals surface area contributed by atoms with Gasteiger partial charge in [0.1, 0.15) is 5.82 Å². The van der Waals surface area contributed by atoms with E-state index in [1.165, 1.54) is 17.8 Å². The molecule has 0 atom stereocenters. The smallest absolute Gasteiger partial charge is 0.232 e. The van der Waals surface area contributed by atoms with Gasteiger partial charge in [0.25, 0.3) is 0 Å². The van der Waals surface area contributed by atoms with Gasteiger partial charge in [0.05, 0.1) is 6.54 Å². The van der Waals surface area contributed by atoms with Crippen molar-refractivity contribution in [2.45, 2.75) is 41.2 Å². The molecule has 0 bridgehead atoms. The van der Waals surface area contributed by atoms with Crippen LogP contribution in [0.2, 0.25) is 0 Å². The Morgan fingerprint density at radius 1 is 0.885 bits per heavy atom. The molecule has 1 amide bonds. The number of amides is 1. The van der Waals surface area contributed by atoms with Crippen molar-refractivity contribution in [3.8, 4) is 0 Å². The van der Waals surface area contributed by atoms with Crippen LogP contribution in [0.15, 0.2) is 48.5 Å². The van der Waals surface area contributed by atoms with Gasteiger partial charge >= 0.3 is 0 Å². The maximum Gasteiger partial charge on any atom is 0.232 e. The normalized spacial score (nSPS) is 11.3. The van der Waals surface area contributed by atoms with E-state index in [-0.39, 0.29) is 11.7 Å². The van der Waals surface area contributed by atoms with Crippen LogP contribution in [0.25, 0.3) is 0 Å². The second-order valence-corrected chi connectivity index (χ2v) is 7.46. The zero-order valence-electron chi connectivity index (χ0n) is 16.4. The molecular weight excluding hydrogens is 327 g/mol. The van der Waals surface area contributed by atoms with Gasteiger partial charge in [-0.15, -0.1) is 0 Å². The van der Waals surface area contributed by atoms with E-state index in [1.807, 2.05) is 20.8 Å². The van der Waals surface area contributed by atoms with Crippen molar-refractivity contribution in [2.75, 3.05) is 22.9 Å². The highest BCUT2D eigenvalue weighted by atomic mass is 19.1. The van der Waals surface area contributed by atoms with Crippen molar-refractivity contribution in [2.24, 2.45) is 5.41 Å². The van der Waals surface area contributed by atoms with Gasteiger partial charge in [-0.1, -0.05) is 32.9 Å². The Morgan fingerprint density at radius 3 is 1.85 bits per heavy atom. The zero-order chi connectivity index (χ0) is 19.3. The Hall–Kier alpha value is -2.36. The third-order valence-corrected chi connectivity index (χ3v) is 4.43. The summed E-state index contributed by atoms with van der Waals surface area (Å²) in [6, 6.07) is 14.4. The number of nitrogens with zero attached hydrogens (tertiary/aromatic N) is 2. The van der Waals surface area contributed by atoms with E-state index in [0.717, 1.165) is 18.7 Å². The lowest BCUT2D eigenvalue weighted by Crippen LogP contribution is -2.39. The SMILES string of the molecule is CCN(CC)c1ccc(CN(C(=O)C(C)(C)C)c2ccc(F)cc2)cc1. The van der Waals surface area contributed by atoms with Crippen LogP contribution in [-0.4, -0.2) is 19.0 Å². The maximum atomic E-state index is 13.3. The number of halogens is 1. The van der Waals surface area contributed by atoms with Gasteiger partial charge in [0.15, 0.2) is 0 Å². The molecule has 0 aliphatic carbocycles. The minimum atomic E-state index is -0.518. The van der Waals surface area contributed by atoms with Crippen LogP contribution >= 0.6 is 0 Å². The summed E-state index contributed by atoms with van der Waals surface area (Å²) >= 11 is 0. The topological polar surface area (TPSA) is 23.6 Å². The molecule has 0 saturated heterocycles. The molecule has 0 fully saturated rings. The van der Waals surface area contributed by atoms with Crippen LogP contribution in [0, 0.1) is 11.2 Å². The predicted octanol–water partition coefficient (Wildman–Crippen LogP) is 5.25. The summed E-state index contributed by atoms with van der Waals surface area (Å²) in [5, 5.41) is 0. The van der Waals surface area contributed by atoms with E-state index in [2.05, 4.69) is 43.0 Å². The highest BCUT2D eigenvalue weighted by Crippen LogP contribution is 2.26. The minimum absolute atomic E-state index is 0.0110. The summed E-state index contributed by atoms with van der Waals surface area (Å²) in [4.78, 5) is 17.0. The summed E-state index contributed by atoms with van der Waals surface area (Å²) in [6.45, 7) is 12.3. The van der Waals surface area contributed by atoms with E-state index in [1.54, 1.807) is 17.0 Å². The molecule has 0 heterocycles. The molecule has 3 nitrogen and oxygen atoms in total. The summed E-state index contributed by atoms with van der Waals surface area (Å²) in [7, 11) is 0. The lowest BCUT2D eigenvalue weighted by molar-refractivity contribution is -0.125. The largest absolute Gasteiger partial charge is 0.372 e. The van der Waals surface area contributed by atoms with Gasteiger partial charge in [-0.2, -0.15) is 0 Å². The van der Waals surface area contributed by atoms with Crippen molar-refractivity contribution in [1.29, 1.82) is 0 Å². The molecule has 2 aromatic carbocycles. The third kappa shape index (κ3) is 4.84. The molecule has 26 heavy (non-hydrogen) atoms. The van der Waals surface area contributed by atoms with Crippen LogP contribution in [0.5, 0.6) is 0 Å². The molecule has 0 aliphatic rings. The van der Waals surface area contributed by atoms with Crippen molar-refractivity contribution < 1.29 is 9.18 Å². The molecule has 0 N–H and O–H groups in total. The summed E-state index contributed by atoms with van der Waals surface area (Å²) in [6.07, 6.45) is 0. The van der Waals surface area contributed by atoms with Gasteiger partial charge in [-0.05, 0) is 55.8 Å². The second kappa shape index (κ2) is 8.35. The highest BCUT2D eigenvalue weighted by molar-refractivity contribution is 5.96. The summed E-state index contributed by atoms with van der Waals surface area (Å²) in [5.41, 5.74) is 2.41. The Bertz CT molecular complexity index is 713. The molecular formula is C22H29FN2O. The van der Waals surface area contributed by atoms with Crippen LogP contribution < -0.4 is 9.80 Å². The van der Waals surface area contributed by atoms with Gasteiger partial charge < -0.3 is 9.80 Å². The number of benzene rings is 2. The van der Waals surface area contributed by atoms with Crippen LogP contribution in [0.4, 0.5) is 15.8 Å². The van der Waals surface area contributed by atoms with E-state index in [4.69, 9.17) is 0 Å². The highest BCUT2D eigenvalue weighted by Gasteiger charge is 2.28. The van der Waals surface area contributed by atoms with Crippen molar-refractivity contribution in [1.82, 2.24) is 0 Å². The van der Waals surface area contributed by atoms with E-state index in [0.29, 0.717) is 12.2 Å². The van der Waals surface area contributed by atoms with Gasteiger partial charge in [-0.25, -0.2) is 4.39 Å². The molecule has 2 aromatic rings. The van der Waals surface area contributed by atoms with E-state index >= 15 is 0 Å². The molecule has 0 unspecified atom stereocenters. The lowest BCUT2D eigenvalue weighted by atomic mass is 9.94. The first-order valence-corrected chi connectivity index (χ1v) is 9.17. The molecule has 0 aliphatic heterocycles. The average Bonchev–Trinajstić information content (AvgIpc) is 2.61. The minimum Gasteiger partial charge on any atom is -0.372 e. The number of anilines is 2. The number of carbonyl (C=O) groups is 1. The van der Waals surface area contributed by atoms with Gasteiger partial charge in [0.2, 0.25) is 5.91 Å². The molecule has 140 valence electrons. The van der Waals surface area contributed by atoms with Crippen LogP contribution in [-0.2, 0) is 11.3 Å². The standard InChI is InChI=1S/C22H29FN2O/c1-6-24(7-2)19-12-8-17(9-13-19)16-25(21(26)22(3,4)5)20-14-10-18(23)11-15-20/h8-15H,6-7,16H2,1-5H3. The monoisotopic (exact) mass is 356 g/mol. The number of hydrogen-bond donors (Lipinski definition) is 0. The first-order valence-electron chi connectivity index (χ1n) is 9.17. The van der Waals surface area contributed by atoms with Gasteiger partial charge in [-0.3, -0.25) is 4.79 Å². The van der Waals surface area contributed by atoms with Crippen LogP contribution in [0.1, 0.15) is 40.2 Å². The van der Waals surface area contributed by atoms with Crippen molar-refractivity contribution in [3.63, 3.8) is 0 Å². The Labute approximate surface area is 156 Å².